The number of benzene rings is 2. The van der Waals surface area contributed by atoms with E-state index in [2.05, 4.69) is 20.9 Å². The number of hydrogen-bond acceptors (Lipinski definition) is 8. The highest BCUT2D eigenvalue weighted by atomic mass is 79.9. The monoisotopic (exact) mass is 628 g/mol. The van der Waals surface area contributed by atoms with Crippen molar-refractivity contribution in [3.8, 4) is 17.2 Å². The van der Waals surface area contributed by atoms with Crippen molar-refractivity contribution in [3.63, 3.8) is 0 Å². The number of fused-ring (bicyclic) bond motifs is 1. The van der Waals surface area contributed by atoms with Gasteiger partial charge in [-0.1, -0.05) is 33.3 Å². The van der Waals surface area contributed by atoms with E-state index in [1.165, 1.54) is 11.3 Å². The fourth-order valence-electron chi connectivity index (χ4n) is 4.45. The second-order valence-corrected chi connectivity index (χ2v) is 11.7. The maximum absolute atomic E-state index is 14.0. The van der Waals surface area contributed by atoms with E-state index in [4.69, 9.17) is 18.9 Å². The second-order valence-electron chi connectivity index (χ2n) is 9.73. The molecule has 0 radical (unpaired) electrons. The molecular formula is C30H33BrN2O6S. The molecular weight excluding hydrogens is 596 g/mol. The van der Waals surface area contributed by atoms with Crippen molar-refractivity contribution >= 4 is 39.3 Å². The number of rotatable bonds is 9. The van der Waals surface area contributed by atoms with Crippen molar-refractivity contribution < 1.29 is 23.7 Å². The van der Waals surface area contributed by atoms with Crippen molar-refractivity contribution in [2.75, 3.05) is 13.7 Å². The largest absolute Gasteiger partial charge is 0.493 e. The summed E-state index contributed by atoms with van der Waals surface area (Å²) in [7, 11) is 1.56. The van der Waals surface area contributed by atoms with Crippen molar-refractivity contribution in [1.29, 1.82) is 0 Å². The number of thiazole rings is 1. The molecule has 2 aromatic carbocycles. The summed E-state index contributed by atoms with van der Waals surface area (Å²) in [6.07, 6.45) is 1.70. The van der Waals surface area contributed by atoms with E-state index in [1.807, 2.05) is 52.0 Å². The van der Waals surface area contributed by atoms with Crippen molar-refractivity contribution in [2.24, 2.45) is 4.99 Å². The van der Waals surface area contributed by atoms with E-state index in [1.54, 1.807) is 43.7 Å². The van der Waals surface area contributed by atoms with Gasteiger partial charge in [-0.2, -0.15) is 0 Å². The Labute approximate surface area is 245 Å². The molecule has 1 aliphatic heterocycles. The van der Waals surface area contributed by atoms with E-state index < -0.39 is 12.0 Å². The fraction of sp³-hybridized carbons (Fsp3) is 0.367. The van der Waals surface area contributed by atoms with Crippen LogP contribution in [0.4, 0.5) is 0 Å². The van der Waals surface area contributed by atoms with Gasteiger partial charge < -0.3 is 18.9 Å². The highest BCUT2D eigenvalue weighted by molar-refractivity contribution is 9.10. The van der Waals surface area contributed by atoms with Crippen LogP contribution in [0.5, 0.6) is 17.2 Å². The molecule has 1 aromatic heterocycles. The Hall–Kier alpha value is -3.37. The number of methoxy groups -OCH3 is 1. The van der Waals surface area contributed by atoms with Crippen LogP contribution < -0.4 is 29.1 Å². The summed E-state index contributed by atoms with van der Waals surface area (Å²) in [6, 6.07) is 10.3. The molecule has 3 aromatic rings. The smallest absolute Gasteiger partial charge is 0.338 e. The number of hydrogen-bond donors (Lipinski definition) is 0. The molecule has 4 rings (SSSR count). The summed E-state index contributed by atoms with van der Waals surface area (Å²) in [4.78, 5) is 32.4. The van der Waals surface area contributed by atoms with Gasteiger partial charge in [0.2, 0.25) is 0 Å². The van der Waals surface area contributed by atoms with E-state index in [-0.39, 0.29) is 24.4 Å². The molecule has 0 saturated heterocycles. The first-order valence-electron chi connectivity index (χ1n) is 13.0. The Morgan fingerprint density at radius 2 is 1.75 bits per heavy atom. The quantitative estimate of drug-likeness (QED) is 0.305. The number of nitrogens with zero attached hydrogens (tertiary/aromatic N) is 2. The van der Waals surface area contributed by atoms with Crippen LogP contribution in [-0.2, 0) is 9.53 Å². The predicted octanol–water partition coefficient (Wildman–Crippen LogP) is 5.14. The van der Waals surface area contributed by atoms with Gasteiger partial charge in [-0.3, -0.25) is 9.36 Å². The minimum absolute atomic E-state index is 0.0399. The first kappa shape index (κ1) is 29.6. The lowest BCUT2D eigenvalue weighted by molar-refractivity contribution is -0.139. The van der Waals surface area contributed by atoms with Gasteiger partial charge in [0.05, 0.1) is 47.8 Å². The van der Waals surface area contributed by atoms with E-state index in [9.17, 15) is 9.59 Å². The average Bonchev–Trinajstić information content (AvgIpc) is 3.18. The number of ether oxygens (including phenoxy) is 4. The van der Waals surface area contributed by atoms with Gasteiger partial charge in [0, 0.05) is 10.0 Å². The molecule has 0 N–H and O–H groups in total. The van der Waals surface area contributed by atoms with Gasteiger partial charge >= 0.3 is 5.97 Å². The Bertz CT molecular complexity index is 1640. The lowest BCUT2D eigenvalue weighted by Gasteiger charge is -2.25. The van der Waals surface area contributed by atoms with Crippen LogP contribution in [0, 0.1) is 0 Å². The molecule has 0 spiro atoms. The topological polar surface area (TPSA) is 88.4 Å². The number of allylic oxidation sites excluding steroid dienone is 1. The lowest BCUT2D eigenvalue weighted by Crippen LogP contribution is -2.40. The van der Waals surface area contributed by atoms with Crippen LogP contribution in [0.3, 0.4) is 0 Å². The minimum atomic E-state index is -0.770. The second kappa shape index (κ2) is 12.4. The molecule has 40 heavy (non-hydrogen) atoms. The average molecular weight is 630 g/mol. The number of carbonyl (C=O) groups excluding carboxylic acids is 1. The third-order valence-corrected chi connectivity index (χ3v) is 7.48. The zero-order chi connectivity index (χ0) is 29.1. The van der Waals surface area contributed by atoms with Crippen molar-refractivity contribution in [2.45, 2.75) is 59.8 Å². The molecule has 0 saturated carbocycles. The molecule has 0 aliphatic carbocycles. The van der Waals surface area contributed by atoms with E-state index in [0.717, 1.165) is 10.0 Å². The zero-order valence-electron chi connectivity index (χ0n) is 23.6. The van der Waals surface area contributed by atoms with Crippen LogP contribution in [0.15, 0.2) is 61.9 Å². The lowest BCUT2D eigenvalue weighted by atomic mass is 9.95. The zero-order valence-corrected chi connectivity index (χ0v) is 26.0. The van der Waals surface area contributed by atoms with Crippen molar-refractivity contribution in [1.82, 2.24) is 4.57 Å². The Kier molecular flexibility index (Phi) is 9.20. The summed E-state index contributed by atoms with van der Waals surface area (Å²) in [5, 5.41) is 0. The van der Waals surface area contributed by atoms with Gasteiger partial charge in [-0.05, 0) is 83.5 Å². The van der Waals surface area contributed by atoms with Gasteiger partial charge in [0.1, 0.15) is 5.75 Å². The van der Waals surface area contributed by atoms with Crippen LogP contribution in [-0.4, -0.2) is 36.5 Å². The van der Waals surface area contributed by atoms with Gasteiger partial charge in [-0.15, -0.1) is 0 Å². The number of esters is 1. The first-order valence-corrected chi connectivity index (χ1v) is 14.6. The van der Waals surface area contributed by atoms with Crippen LogP contribution in [0.25, 0.3) is 6.08 Å². The number of halogens is 1. The number of carbonyl (C=O) groups is 1. The molecule has 0 unspecified atom stereocenters. The Balaban J connectivity index is 1.95. The van der Waals surface area contributed by atoms with Gasteiger partial charge in [0.25, 0.3) is 5.56 Å². The molecule has 10 heteroatoms. The third-order valence-electron chi connectivity index (χ3n) is 6.00. The van der Waals surface area contributed by atoms with E-state index >= 15 is 0 Å². The molecule has 0 fully saturated rings. The summed E-state index contributed by atoms with van der Waals surface area (Å²) < 4.78 is 25.8. The Morgan fingerprint density at radius 3 is 2.40 bits per heavy atom. The summed E-state index contributed by atoms with van der Waals surface area (Å²) >= 11 is 4.77. The highest BCUT2D eigenvalue weighted by Gasteiger charge is 2.34. The third kappa shape index (κ3) is 6.18. The molecule has 0 amide bonds. The number of aromatic nitrogens is 1. The Morgan fingerprint density at radius 1 is 1.07 bits per heavy atom. The predicted molar refractivity (Wildman–Crippen MR) is 159 cm³/mol. The summed E-state index contributed by atoms with van der Waals surface area (Å²) in [6.45, 7) is 11.5. The molecule has 0 bridgehead atoms. The van der Waals surface area contributed by atoms with E-state index in [0.29, 0.717) is 43.4 Å². The van der Waals surface area contributed by atoms with Gasteiger partial charge in [0.15, 0.2) is 16.3 Å². The van der Waals surface area contributed by atoms with Crippen LogP contribution in [0.2, 0.25) is 0 Å². The molecule has 1 atom stereocenters. The molecule has 8 nitrogen and oxygen atoms in total. The highest BCUT2D eigenvalue weighted by Crippen LogP contribution is 2.36. The molecule has 212 valence electrons. The normalized spacial score (nSPS) is 15.2. The SMILES string of the molecule is CCOC(=O)C1=C(C)N=c2s/c(=C/c3cc(Br)ccc3OC(C)C)c(=O)n2[C@H]1c1ccc(OC(C)C)c(OC)c1. The standard InChI is InChI=1S/C30H33BrN2O6S/c1-8-37-29(35)26-18(6)32-30-33(27(26)19-9-11-23(39-17(4)5)24(14-19)36-7)28(34)25(40-30)15-20-13-21(31)10-12-22(20)38-16(2)3/h9-17,27H,8H2,1-7H3/b25-15+/t27-/m0/s1. The van der Waals surface area contributed by atoms with Crippen LogP contribution in [0.1, 0.15) is 58.7 Å². The maximum Gasteiger partial charge on any atom is 0.338 e. The molecule has 2 heterocycles. The fourth-order valence-corrected chi connectivity index (χ4v) is 5.86. The summed E-state index contributed by atoms with van der Waals surface area (Å²) in [5.41, 5.74) is 1.93. The minimum Gasteiger partial charge on any atom is -0.493 e. The van der Waals surface area contributed by atoms with Gasteiger partial charge in [-0.25, -0.2) is 9.79 Å². The van der Waals surface area contributed by atoms with Crippen LogP contribution >= 0.6 is 27.3 Å². The maximum atomic E-state index is 14.0. The molecule has 1 aliphatic rings. The van der Waals surface area contributed by atoms with Crippen molar-refractivity contribution in [3.05, 3.63) is 83.0 Å². The first-order chi connectivity index (χ1) is 19.0. The summed E-state index contributed by atoms with van der Waals surface area (Å²) in [5.74, 6) is 1.20.